The summed E-state index contributed by atoms with van der Waals surface area (Å²) in [6, 6.07) is 18.1. The molecule has 0 spiro atoms. The van der Waals surface area contributed by atoms with Gasteiger partial charge in [0.15, 0.2) is 0 Å². The van der Waals surface area contributed by atoms with E-state index in [1.54, 1.807) is 0 Å². The van der Waals surface area contributed by atoms with E-state index in [-0.39, 0.29) is 17.2 Å². The molecule has 3 rings (SSSR count). The van der Waals surface area contributed by atoms with Crippen molar-refractivity contribution in [3.63, 3.8) is 0 Å². The van der Waals surface area contributed by atoms with Crippen LogP contribution in [0.15, 0.2) is 54.6 Å². The number of benzene rings is 2. The van der Waals surface area contributed by atoms with Gasteiger partial charge >= 0.3 is 0 Å². The predicted octanol–water partition coefficient (Wildman–Crippen LogP) is 3.45. The normalized spacial score (nSPS) is 15.1. The molecule has 5 nitrogen and oxygen atoms in total. The van der Waals surface area contributed by atoms with Gasteiger partial charge in [0.25, 0.3) is 5.91 Å². The zero-order valence-electron chi connectivity index (χ0n) is 18.4. The molecule has 2 aromatic rings. The van der Waals surface area contributed by atoms with Crippen LogP contribution >= 0.6 is 0 Å². The minimum atomic E-state index is -0.129. The molecule has 1 fully saturated rings. The third kappa shape index (κ3) is 6.17. The summed E-state index contributed by atoms with van der Waals surface area (Å²) in [5.41, 5.74) is 3.19. The molecule has 0 unspecified atom stereocenters. The van der Waals surface area contributed by atoms with Gasteiger partial charge in [-0.15, -0.1) is 0 Å². The molecule has 0 saturated carbocycles. The number of carbonyl (C=O) groups excluding carboxylic acids is 2. The first kappa shape index (κ1) is 22.0. The molecule has 2 amide bonds. The topological polar surface area (TPSA) is 52.7 Å². The van der Waals surface area contributed by atoms with Crippen LogP contribution in [-0.4, -0.2) is 54.3 Å². The first-order valence-electron chi connectivity index (χ1n) is 10.8. The molecule has 1 saturated heterocycles. The number of piperazine rings is 1. The molecule has 30 heavy (non-hydrogen) atoms. The van der Waals surface area contributed by atoms with Crippen LogP contribution in [0.5, 0.6) is 0 Å². The standard InChI is InChI=1S/C25H33N3O2/c1-25(2,3)22-11-9-21(10-12-22)24(30)26-14-13-23(29)28-17-15-27(16-18-28)19-20-7-5-4-6-8-20/h4-12H,13-19H2,1-3H3,(H,26,30). The largest absolute Gasteiger partial charge is 0.352 e. The van der Waals surface area contributed by atoms with Gasteiger partial charge in [-0.25, -0.2) is 0 Å². The highest BCUT2D eigenvalue weighted by atomic mass is 16.2. The van der Waals surface area contributed by atoms with Crippen LogP contribution in [0.2, 0.25) is 0 Å². The summed E-state index contributed by atoms with van der Waals surface area (Å²) in [7, 11) is 0. The Labute approximate surface area is 180 Å². The van der Waals surface area contributed by atoms with Crippen molar-refractivity contribution in [1.29, 1.82) is 0 Å². The molecule has 1 aliphatic heterocycles. The fraction of sp³-hybridized carbons (Fsp3) is 0.440. The second kappa shape index (κ2) is 9.90. The van der Waals surface area contributed by atoms with Gasteiger partial charge in [-0.3, -0.25) is 14.5 Å². The number of hydrogen-bond donors (Lipinski definition) is 1. The van der Waals surface area contributed by atoms with Crippen molar-refractivity contribution < 1.29 is 9.59 Å². The zero-order valence-corrected chi connectivity index (χ0v) is 18.4. The van der Waals surface area contributed by atoms with E-state index >= 15 is 0 Å². The van der Waals surface area contributed by atoms with Gasteiger partial charge in [-0.05, 0) is 28.7 Å². The highest BCUT2D eigenvalue weighted by Crippen LogP contribution is 2.22. The summed E-state index contributed by atoms with van der Waals surface area (Å²) in [6.07, 6.45) is 0.338. The molecule has 5 heteroatoms. The molecule has 2 aromatic carbocycles. The minimum Gasteiger partial charge on any atom is -0.352 e. The van der Waals surface area contributed by atoms with Gasteiger partial charge in [0.05, 0.1) is 0 Å². The Morgan fingerprint density at radius 3 is 2.13 bits per heavy atom. The monoisotopic (exact) mass is 407 g/mol. The smallest absolute Gasteiger partial charge is 0.251 e. The zero-order chi connectivity index (χ0) is 21.6. The Morgan fingerprint density at radius 1 is 0.900 bits per heavy atom. The van der Waals surface area contributed by atoms with Crippen LogP contribution in [-0.2, 0) is 16.8 Å². The summed E-state index contributed by atoms with van der Waals surface area (Å²) in [5, 5.41) is 2.87. The fourth-order valence-electron chi connectivity index (χ4n) is 3.66. The number of hydrogen-bond acceptors (Lipinski definition) is 3. The number of nitrogens with one attached hydrogen (secondary N) is 1. The lowest BCUT2D eigenvalue weighted by Crippen LogP contribution is -2.48. The Morgan fingerprint density at radius 2 is 1.53 bits per heavy atom. The van der Waals surface area contributed by atoms with Crippen molar-refractivity contribution in [3.05, 3.63) is 71.3 Å². The first-order valence-corrected chi connectivity index (χ1v) is 10.8. The Hall–Kier alpha value is -2.66. The summed E-state index contributed by atoms with van der Waals surface area (Å²) < 4.78 is 0. The van der Waals surface area contributed by atoms with Crippen LogP contribution in [0.3, 0.4) is 0 Å². The van der Waals surface area contributed by atoms with E-state index < -0.39 is 0 Å². The fourth-order valence-corrected chi connectivity index (χ4v) is 3.66. The van der Waals surface area contributed by atoms with Crippen molar-refractivity contribution in [1.82, 2.24) is 15.1 Å². The lowest BCUT2D eigenvalue weighted by atomic mass is 9.87. The molecule has 0 radical (unpaired) electrons. The lowest BCUT2D eigenvalue weighted by molar-refractivity contribution is -0.132. The number of amides is 2. The highest BCUT2D eigenvalue weighted by Gasteiger charge is 2.21. The molecule has 1 aliphatic rings. The Kier molecular flexibility index (Phi) is 7.27. The SMILES string of the molecule is CC(C)(C)c1ccc(C(=O)NCCC(=O)N2CCN(Cc3ccccc3)CC2)cc1. The average molecular weight is 408 g/mol. The summed E-state index contributed by atoms with van der Waals surface area (Å²) >= 11 is 0. The van der Waals surface area contributed by atoms with Crippen LogP contribution in [0.1, 0.15) is 48.7 Å². The van der Waals surface area contributed by atoms with Gasteiger partial charge in [-0.1, -0.05) is 63.2 Å². The minimum absolute atomic E-state index is 0.0620. The Balaban J connectivity index is 1.38. The van der Waals surface area contributed by atoms with Crippen LogP contribution < -0.4 is 5.32 Å². The van der Waals surface area contributed by atoms with E-state index in [0.29, 0.717) is 18.5 Å². The van der Waals surface area contributed by atoms with Crippen LogP contribution in [0, 0.1) is 0 Å². The van der Waals surface area contributed by atoms with E-state index in [1.807, 2.05) is 35.2 Å². The van der Waals surface area contributed by atoms with Crippen molar-refractivity contribution in [2.24, 2.45) is 0 Å². The quantitative estimate of drug-likeness (QED) is 0.798. The molecule has 1 N–H and O–H groups in total. The number of nitrogens with zero attached hydrogens (tertiary/aromatic N) is 2. The molecular formula is C25H33N3O2. The van der Waals surface area contributed by atoms with E-state index in [0.717, 1.165) is 32.7 Å². The first-order chi connectivity index (χ1) is 14.3. The maximum Gasteiger partial charge on any atom is 0.251 e. The second-order valence-corrected chi connectivity index (χ2v) is 8.98. The van der Waals surface area contributed by atoms with E-state index in [4.69, 9.17) is 0 Å². The van der Waals surface area contributed by atoms with Crippen molar-refractivity contribution >= 4 is 11.8 Å². The molecule has 0 aliphatic carbocycles. The third-order valence-electron chi connectivity index (χ3n) is 5.61. The van der Waals surface area contributed by atoms with Crippen molar-refractivity contribution in [3.8, 4) is 0 Å². The summed E-state index contributed by atoms with van der Waals surface area (Å²) in [4.78, 5) is 29.1. The molecule has 0 atom stereocenters. The van der Waals surface area contributed by atoms with Crippen LogP contribution in [0.4, 0.5) is 0 Å². The van der Waals surface area contributed by atoms with Crippen molar-refractivity contribution in [2.75, 3.05) is 32.7 Å². The highest BCUT2D eigenvalue weighted by molar-refractivity contribution is 5.94. The van der Waals surface area contributed by atoms with Crippen LogP contribution in [0.25, 0.3) is 0 Å². The number of carbonyl (C=O) groups is 2. The number of rotatable bonds is 6. The lowest BCUT2D eigenvalue weighted by Gasteiger charge is -2.34. The summed E-state index contributed by atoms with van der Waals surface area (Å²) in [5.74, 6) is -0.0197. The van der Waals surface area contributed by atoms with Gasteiger partial charge in [-0.2, -0.15) is 0 Å². The second-order valence-electron chi connectivity index (χ2n) is 8.98. The van der Waals surface area contributed by atoms with Gasteiger partial charge in [0.2, 0.25) is 5.91 Å². The maximum atomic E-state index is 12.5. The summed E-state index contributed by atoms with van der Waals surface area (Å²) in [6.45, 7) is 11.0. The van der Waals surface area contributed by atoms with E-state index in [2.05, 4.69) is 55.3 Å². The van der Waals surface area contributed by atoms with E-state index in [1.165, 1.54) is 11.1 Å². The van der Waals surface area contributed by atoms with Gasteiger partial charge in [0.1, 0.15) is 0 Å². The maximum absolute atomic E-state index is 12.5. The van der Waals surface area contributed by atoms with E-state index in [9.17, 15) is 9.59 Å². The van der Waals surface area contributed by atoms with Gasteiger partial charge < -0.3 is 10.2 Å². The molecule has 160 valence electrons. The Bertz CT molecular complexity index is 833. The predicted molar refractivity (Wildman–Crippen MR) is 120 cm³/mol. The van der Waals surface area contributed by atoms with Gasteiger partial charge in [0, 0.05) is 51.3 Å². The average Bonchev–Trinajstić information content (AvgIpc) is 2.74. The molecule has 0 bridgehead atoms. The van der Waals surface area contributed by atoms with Crippen molar-refractivity contribution in [2.45, 2.75) is 39.2 Å². The third-order valence-corrected chi connectivity index (χ3v) is 5.61. The molecular weight excluding hydrogens is 374 g/mol. The molecule has 0 aromatic heterocycles. The molecule has 1 heterocycles.